The lowest BCUT2D eigenvalue weighted by Crippen LogP contribution is -2.39. The number of hydrogen-bond donors (Lipinski definition) is 0. The summed E-state index contributed by atoms with van der Waals surface area (Å²) in [6.45, 7) is 12.2. The van der Waals surface area contributed by atoms with Gasteiger partial charge in [-0.1, -0.05) is 72.8 Å². The molecule has 6 aromatic carbocycles. The molecule has 0 spiro atoms. The van der Waals surface area contributed by atoms with Gasteiger partial charge in [-0.15, -0.1) is 0 Å². The molecule has 0 unspecified atom stereocenters. The van der Waals surface area contributed by atoms with Crippen LogP contribution in [-0.4, -0.2) is 123 Å². The first-order valence-corrected chi connectivity index (χ1v) is 27.2. The summed E-state index contributed by atoms with van der Waals surface area (Å²) >= 11 is 6.34. The van der Waals surface area contributed by atoms with Crippen molar-refractivity contribution in [1.82, 2.24) is 19.8 Å². The average Bonchev–Trinajstić information content (AvgIpc) is 3.67. The Labute approximate surface area is 464 Å². The number of carbonyl (C=O) groups excluding carboxylic acids is 4. The van der Waals surface area contributed by atoms with Crippen LogP contribution in [0.1, 0.15) is 43.4 Å². The molecule has 2 aromatic heterocycles. The van der Waals surface area contributed by atoms with Crippen LogP contribution < -0.4 is 9.80 Å². The van der Waals surface area contributed by atoms with Gasteiger partial charge in [-0.3, -0.25) is 19.2 Å². The number of esters is 2. The number of anilines is 4. The zero-order valence-corrected chi connectivity index (χ0v) is 45.8. The molecular formula is C64H63ClN6O8. The van der Waals surface area contributed by atoms with Gasteiger partial charge in [-0.25, -0.2) is 9.97 Å². The van der Waals surface area contributed by atoms with Crippen LogP contribution in [0.3, 0.4) is 0 Å². The standard InChI is InChI=1S/C32H31N3O4.C25H21ClN2O2.C7H11NO2/c1-21(36)39-15-5-6-23-19-26-25-18-22(10-12-30(37)35-13-16-38-17-14-35)9-11-27(25)33-32-24-7-3-4-8-28(24)34(2)29(20-23)31(26)32;1-15(29)30-11-5-6-16-12-20-19-14-17(26)9-10-21(19)27-25-18-7-3-4-8-22(18)28(2)23(13-16)24(20)25;1-2-7(9)8-3-5-10-6-4-8/h3-4,7-12,18-20H,5-6,13-17H2,1-2H3;3-4,7-10,12-14H,5-6,11H2,1-2H3;2H,1,3-6H2/b12-10+;;. The van der Waals surface area contributed by atoms with Crippen molar-refractivity contribution < 1.29 is 38.1 Å². The molecule has 2 fully saturated rings. The van der Waals surface area contributed by atoms with E-state index in [9.17, 15) is 19.2 Å². The summed E-state index contributed by atoms with van der Waals surface area (Å²) in [5, 5.41) is 7.35. The summed E-state index contributed by atoms with van der Waals surface area (Å²) in [6.07, 6.45) is 8.01. The number of nitrogens with zero attached hydrogens (tertiary/aromatic N) is 6. The van der Waals surface area contributed by atoms with Crippen LogP contribution in [0.2, 0.25) is 5.02 Å². The van der Waals surface area contributed by atoms with Crippen molar-refractivity contribution in [2.24, 2.45) is 0 Å². The maximum absolute atomic E-state index is 12.7. The molecule has 79 heavy (non-hydrogen) atoms. The third kappa shape index (κ3) is 11.8. The van der Waals surface area contributed by atoms with Crippen LogP contribution in [0.15, 0.2) is 128 Å². The highest BCUT2D eigenvalue weighted by Gasteiger charge is 2.27. The molecule has 6 heterocycles. The fraction of sp³-hybridized carbons (Fsp3) is 0.281. The molecule has 14 nitrogen and oxygen atoms in total. The Morgan fingerprint density at radius 2 is 1.05 bits per heavy atom. The third-order valence-electron chi connectivity index (χ3n) is 14.7. The molecule has 0 N–H and O–H groups in total. The Morgan fingerprint density at radius 3 is 1.54 bits per heavy atom. The summed E-state index contributed by atoms with van der Waals surface area (Å²) in [6, 6.07) is 37.7. The first-order valence-electron chi connectivity index (χ1n) is 26.8. The third-order valence-corrected chi connectivity index (χ3v) is 14.9. The summed E-state index contributed by atoms with van der Waals surface area (Å²) in [5.41, 5.74) is 13.9. The predicted molar refractivity (Wildman–Crippen MR) is 314 cm³/mol. The quantitative estimate of drug-likeness (QED) is 0.0526. The van der Waals surface area contributed by atoms with E-state index in [1.54, 1.807) is 11.0 Å². The molecule has 0 bridgehead atoms. The number of aromatic nitrogens is 2. The number of rotatable bonds is 11. The van der Waals surface area contributed by atoms with E-state index < -0.39 is 0 Å². The molecule has 2 saturated heterocycles. The number of morpholine rings is 2. The number of aryl methyl sites for hydroxylation is 2. The minimum Gasteiger partial charge on any atom is -0.466 e. The van der Waals surface area contributed by atoms with Gasteiger partial charge in [-0.05, 0) is 120 Å². The number of pyridine rings is 2. The molecule has 8 aromatic rings. The first kappa shape index (κ1) is 54.2. The topological polar surface area (TPSA) is 144 Å². The predicted octanol–water partition coefficient (Wildman–Crippen LogP) is 11.8. The van der Waals surface area contributed by atoms with Gasteiger partial charge in [-0.2, -0.15) is 0 Å². The largest absolute Gasteiger partial charge is 0.466 e. The van der Waals surface area contributed by atoms with Crippen LogP contribution in [0, 0.1) is 0 Å². The second kappa shape index (κ2) is 24.2. The highest BCUT2D eigenvalue weighted by molar-refractivity contribution is 6.32. The molecule has 0 atom stereocenters. The van der Waals surface area contributed by atoms with E-state index in [2.05, 4.69) is 109 Å². The highest BCUT2D eigenvalue weighted by atomic mass is 35.5. The molecule has 0 aliphatic carbocycles. The number of hydrogen-bond acceptors (Lipinski definition) is 12. The minimum absolute atomic E-state index is 0.00159. The number of carbonyl (C=O) groups is 4. The molecular weight excluding hydrogens is 1020 g/mol. The summed E-state index contributed by atoms with van der Waals surface area (Å²) in [4.78, 5) is 64.1. The molecule has 15 heteroatoms. The van der Waals surface area contributed by atoms with Gasteiger partial charge >= 0.3 is 11.9 Å². The number of benzene rings is 6. The monoisotopic (exact) mass is 1080 g/mol. The van der Waals surface area contributed by atoms with Crippen LogP contribution in [-0.2, 0) is 51.0 Å². The van der Waals surface area contributed by atoms with E-state index in [1.165, 1.54) is 31.1 Å². The Bertz CT molecular complexity index is 3700. The Hall–Kier alpha value is -8.17. The SMILES string of the molecule is C=CC(=O)N1CCOCC1.CC(=O)OCCCc1cc2c3c(nc4ccc(/C=C/C(=O)N5CCOCC5)cc4c3c1)-c1ccccc1N2C.CC(=O)OCCCc1cc2c3c(nc4ccc(Cl)cc4c3c1)-c1ccccc1N2C. The van der Waals surface area contributed by atoms with Crippen molar-refractivity contribution in [1.29, 1.82) is 0 Å². The number of fused-ring (bicyclic) bond motifs is 8. The molecule has 4 aliphatic heterocycles. The Kier molecular flexibility index (Phi) is 16.6. The molecule has 2 amide bonds. The lowest BCUT2D eigenvalue weighted by Gasteiger charge is -2.30. The second-order valence-corrected chi connectivity index (χ2v) is 20.3. The van der Waals surface area contributed by atoms with Crippen molar-refractivity contribution in [2.75, 3.05) is 89.7 Å². The Balaban J connectivity index is 0.000000155. The van der Waals surface area contributed by atoms with Gasteiger partial charge in [0.1, 0.15) is 0 Å². The van der Waals surface area contributed by atoms with Crippen molar-refractivity contribution in [3.8, 4) is 22.5 Å². The van der Waals surface area contributed by atoms with Crippen LogP contribution in [0.25, 0.3) is 71.9 Å². The zero-order chi connectivity index (χ0) is 55.2. The second-order valence-electron chi connectivity index (χ2n) is 19.9. The van der Waals surface area contributed by atoms with Crippen molar-refractivity contribution in [3.63, 3.8) is 0 Å². The molecule has 12 rings (SSSR count). The zero-order valence-electron chi connectivity index (χ0n) is 45.1. The number of para-hydroxylation sites is 2. The molecule has 0 saturated carbocycles. The molecule has 0 radical (unpaired) electrons. The number of amides is 2. The summed E-state index contributed by atoms with van der Waals surface area (Å²) in [7, 11) is 4.20. The van der Waals surface area contributed by atoms with E-state index in [1.807, 2.05) is 41.3 Å². The van der Waals surface area contributed by atoms with Crippen molar-refractivity contribution in [2.45, 2.75) is 39.5 Å². The van der Waals surface area contributed by atoms with Gasteiger partial charge in [0.15, 0.2) is 0 Å². The van der Waals surface area contributed by atoms with Gasteiger partial charge in [0.25, 0.3) is 0 Å². The average molecular weight is 1080 g/mol. The normalized spacial score (nSPS) is 14.3. The van der Waals surface area contributed by atoms with Crippen LogP contribution in [0.5, 0.6) is 0 Å². The van der Waals surface area contributed by atoms with Gasteiger partial charge < -0.3 is 38.5 Å². The molecule has 4 aliphatic rings. The van der Waals surface area contributed by atoms with Gasteiger partial charge in [0, 0.05) is 97.9 Å². The van der Waals surface area contributed by atoms with Crippen molar-refractivity contribution in [3.05, 3.63) is 150 Å². The van der Waals surface area contributed by atoms with E-state index in [-0.39, 0.29) is 23.8 Å². The lowest BCUT2D eigenvalue weighted by molar-refractivity contribution is -0.142. The van der Waals surface area contributed by atoms with E-state index >= 15 is 0 Å². The van der Waals surface area contributed by atoms with E-state index in [0.29, 0.717) is 70.8 Å². The van der Waals surface area contributed by atoms with E-state index in [4.69, 9.17) is 40.5 Å². The van der Waals surface area contributed by atoms with Crippen LogP contribution in [0.4, 0.5) is 22.7 Å². The highest BCUT2D eigenvalue weighted by Crippen LogP contribution is 2.50. The number of halogens is 1. The smallest absolute Gasteiger partial charge is 0.302 e. The lowest BCUT2D eigenvalue weighted by atomic mass is 9.91. The Morgan fingerprint density at radius 1 is 0.582 bits per heavy atom. The maximum atomic E-state index is 12.7. The van der Waals surface area contributed by atoms with Gasteiger partial charge in [0.05, 0.1) is 84.8 Å². The minimum atomic E-state index is -0.255. The number of ether oxygens (including phenoxy) is 4. The van der Waals surface area contributed by atoms with E-state index in [0.717, 1.165) is 120 Å². The summed E-state index contributed by atoms with van der Waals surface area (Å²) < 4.78 is 20.7. The fourth-order valence-electron chi connectivity index (χ4n) is 10.8. The molecule has 404 valence electrons. The van der Waals surface area contributed by atoms with Crippen LogP contribution >= 0.6 is 11.6 Å². The van der Waals surface area contributed by atoms with Crippen molar-refractivity contribution >= 4 is 108 Å². The van der Waals surface area contributed by atoms with Gasteiger partial charge in [0.2, 0.25) is 11.8 Å². The summed E-state index contributed by atoms with van der Waals surface area (Å²) in [5.74, 6) is -0.490. The fourth-order valence-corrected chi connectivity index (χ4v) is 11.0. The maximum Gasteiger partial charge on any atom is 0.302 e. The first-order chi connectivity index (χ1) is 38.4.